The van der Waals surface area contributed by atoms with E-state index in [0.29, 0.717) is 10.2 Å². The first-order valence-corrected chi connectivity index (χ1v) is 6.48. The number of nitrogens with one attached hydrogen (secondary N) is 1. The summed E-state index contributed by atoms with van der Waals surface area (Å²) in [6.07, 6.45) is 1.23. The number of halogens is 2. The van der Waals surface area contributed by atoms with E-state index >= 15 is 0 Å². The quantitative estimate of drug-likeness (QED) is 0.498. The second-order valence-corrected chi connectivity index (χ2v) is 4.85. The molecule has 0 amide bonds. The van der Waals surface area contributed by atoms with Crippen molar-refractivity contribution in [2.45, 2.75) is 0 Å². The summed E-state index contributed by atoms with van der Waals surface area (Å²) in [6, 6.07) is 7.60. The van der Waals surface area contributed by atoms with Gasteiger partial charge in [-0.15, -0.1) is 0 Å². The minimum absolute atomic E-state index is 0.135. The van der Waals surface area contributed by atoms with Crippen LogP contribution in [0.1, 0.15) is 5.56 Å². The van der Waals surface area contributed by atoms with Gasteiger partial charge in [0.2, 0.25) is 0 Å². The number of phenols is 1. The van der Waals surface area contributed by atoms with Crippen LogP contribution in [0.3, 0.4) is 0 Å². The summed E-state index contributed by atoms with van der Waals surface area (Å²) in [5.74, 6) is -0.531. The Morgan fingerprint density at radius 3 is 2.76 bits per heavy atom. The number of hydrogen-bond acceptors (Lipinski definition) is 5. The number of benzene rings is 2. The van der Waals surface area contributed by atoms with Crippen molar-refractivity contribution in [3.8, 4) is 5.75 Å². The topological polar surface area (TPSA) is 87.8 Å². The number of nitro benzene ring substituents is 1. The molecule has 0 fully saturated rings. The summed E-state index contributed by atoms with van der Waals surface area (Å²) in [4.78, 5) is 10.1. The Morgan fingerprint density at radius 2 is 2.10 bits per heavy atom. The van der Waals surface area contributed by atoms with Gasteiger partial charge in [0.1, 0.15) is 11.6 Å². The maximum atomic E-state index is 12.9. The molecule has 0 spiro atoms. The van der Waals surface area contributed by atoms with E-state index in [4.69, 9.17) is 0 Å². The summed E-state index contributed by atoms with van der Waals surface area (Å²) < 4.78 is 13.4. The zero-order valence-electron chi connectivity index (χ0n) is 10.5. The van der Waals surface area contributed by atoms with Gasteiger partial charge < -0.3 is 5.11 Å². The first-order valence-electron chi connectivity index (χ1n) is 5.69. The zero-order chi connectivity index (χ0) is 15.4. The third kappa shape index (κ3) is 3.76. The Balaban J connectivity index is 2.17. The maximum Gasteiger partial charge on any atom is 0.270 e. The predicted octanol–water partition coefficient (Wildman–Crippen LogP) is 3.65. The van der Waals surface area contributed by atoms with E-state index in [9.17, 15) is 19.6 Å². The van der Waals surface area contributed by atoms with E-state index in [2.05, 4.69) is 26.5 Å². The smallest absolute Gasteiger partial charge is 0.270 e. The lowest BCUT2D eigenvalue weighted by Gasteiger charge is -2.03. The first kappa shape index (κ1) is 14.9. The lowest BCUT2D eigenvalue weighted by Crippen LogP contribution is -1.94. The highest BCUT2D eigenvalue weighted by Gasteiger charge is 2.08. The van der Waals surface area contributed by atoms with Crippen LogP contribution in [0.5, 0.6) is 5.75 Å². The number of rotatable bonds is 4. The van der Waals surface area contributed by atoms with Gasteiger partial charge in [0.25, 0.3) is 5.69 Å². The molecule has 2 rings (SSSR count). The van der Waals surface area contributed by atoms with Crippen LogP contribution in [0, 0.1) is 15.9 Å². The molecule has 0 atom stereocenters. The van der Waals surface area contributed by atoms with Crippen LogP contribution in [-0.2, 0) is 0 Å². The molecule has 21 heavy (non-hydrogen) atoms. The van der Waals surface area contributed by atoms with E-state index in [1.54, 1.807) is 0 Å². The van der Waals surface area contributed by atoms with E-state index in [0.717, 1.165) is 0 Å². The molecule has 0 saturated carbocycles. The van der Waals surface area contributed by atoms with E-state index in [1.165, 1.54) is 42.6 Å². The van der Waals surface area contributed by atoms with Gasteiger partial charge in [-0.3, -0.25) is 15.5 Å². The molecular weight excluding hydrogens is 345 g/mol. The number of phenolic OH excluding ortho intramolecular Hbond substituents is 1. The van der Waals surface area contributed by atoms with Crippen molar-refractivity contribution in [2.75, 3.05) is 5.43 Å². The molecule has 0 bridgehead atoms. The van der Waals surface area contributed by atoms with Crippen molar-refractivity contribution in [3.05, 3.63) is 62.4 Å². The fraction of sp³-hybridized carbons (Fsp3) is 0. The molecule has 0 aromatic heterocycles. The molecule has 0 aliphatic heterocycles. The van der Waals surface area contributed by atoms with Gasteiger partial charge in [0, 0.05) is 22.2 Å². The second kappa shape index (κ2) is 6.31. The SMILES string of the molecule is O=[N+]([O-])c1ccc(O)c(C=NNc2ccc(F)cc2Br)c1. The zero-order valence-corrected chi connectivity index (χ0v) is 12.0. The molecule has 2 aromatic rings. The fourth-order valence-corrected chi connectivity index (χ4v) is 1.95. The van der Waals surface area contributed by atoms with Crippen LogP contribution in [0.15, 0.2) is 46.0 Å². The predicted molar refractivity (Wildman–Crippen MR) is 80.1 cm³/mol. The van der Waals surface area contributed by atoms with E-state index in [-0.39, 0.29) is 17.0 Å². The van der Waals surface area contributed by atoms with Crippen LogP contribution >= 0.6 is 15.9 Å². The fourth-order valence-electron chi connectivity index (χ4n) is 1.51. The molecule has 108 valence electrons. The number of hydrazone groups is 1. The van der Waals surface area contributed by atoms with Crippen LogP contribution in [0.25, 0.3) is 0 Å². The normalized spacial score (nSPS) is 10.8. The molecular formula is C13H9BrFN3O3. The van der Waals surface area contributed by atoms with Gasteiger partial charge in [0.05, 0.1) is 16.8 Å². The third-order valence-electron chi connectivity index (χ3n) is 2.54. The van der Waals surface area contributed by atoms with Crippen molar-refractivity contribution in [1.29, 1.82) is 0 Å². The average Bonchev–Trinajstić information content (AvgIpc) is 2.43. The highest BCUT2D eigenvalue weighted by atomic mass is 79.9. The van der Waals surface area contributed by atoms with Crippen LogP contribution in [-0.4, -0.2) is 16.2 Å². The summed E-state index contributed by atoms with van der Waals surface area (Å²) in [5, 5.41) is 24.1. The first-order chi connectivity index (χ1) is 9.97. The van der Waals surface area contributed by atoms with Crippen LogP contribution < -0.4 is 5.43 Å². The summed E-state index contributed by atoms with van der Waals surface area (Å²) in [6.45, 7) is 0. The Labute approximate surface area is 127 Å². The van der Waals surface area contributed by atoms with Crippen molar-refractivity contribution in [1.82, 2.24) is 0 Å². The summed E-state index contributed by atoms with van der Waals surface area (Å²) in [7, 11) is 0. The van der Waals surface area contributed by atoms with Gasteiger partial charge in [-0.05, 0) is 40.2 Å². The molecule has 0 saturated heterocycles. The molecule has 8 heteroatoms. The van der Waals surface area contributed by atoms with Crippen molar-refractivity contribution < 1.29 is 14.4 Å². The van der Waals surface area contributed by atoms with E-state index < -0.39 is 10.7 Å². The van der Waals surface area contributed by atoms with E-state index in [1.807, 2.05) is 0 Å². The molecule has 0 unspecified atom stereocenters. The van der Waals surface area contributed by atoms with Crippen molar-refractivity contribution in [3.63, 3.8) is 0 Å². The number of anilines is 1. The number of aromatic hydroxyl groups is 1. The Kier molecular flexibility index (Phi) is 4.49. The minimum atomic E-state index is -0.569. The Bertz CT molecular complexity index is 722. The molecule has 0 aliphatic carbocycles. The van der Waals surface area contributed by atoms with Crippen LogP contribution in [0.2, 0.25) is 0 Å². The third-order valence-corrected chi connectivity index (χ3v) is 3.20. The molecule has 0 radical (unpaired) electrons. The van der Waals surface area contributed by atoms with Crippen molar-refractivity contribution in [2.24, 2.45) is 5.10 Å². The summed E-state index contributed by atoms with van der Waals surface area (Å²) in [5.41, 5.74) is 3.19. The van der Waals surface area contributed by atoms with Gasteiger partial charge in [-0.25, -0.2) is 4.39 Å². The monoisotopic (exact) mass is 353 g/mol. The maximum absolute atomic E-state index is 12.9. The molecule has 2 N–H and O–H groups in total. The molecule has 6 nitrogen and oxygen atoms in total. The standard InChI is InChI=1S/C13H9BrFN3O3/c14-11-6-9(15)1-3-12(11)17-16-7-8-5-10(18(20)21)2-4-13(8)19/h1-7,17,19H. The van der Waals surface area contributed by atoms with Gasteiger partial charge in [0.15, 0.2) is 0 Å². The number of nitrogens with zero attached hydrogens (tertiary/aromatic N) is 2. The summed E-state index contributed by atoms with van der Waals surface area (Å²) >= 11 is 3.16. The molecule has 0 heterocycles. The van der Waals surface area contributed by atoms with Gasteiger partial charge in [-0.1, -0.05) is 0 Å². The highest BCUT2D eigenvalue weighted by Crippen LogP contribution is 2.24. The Morgan fingerprint density at radius 1 is 1.33 bits per heavy atom. The molecule has 2 aromatic carbocycles. The highest BCUT2D eigenvalue weighted by molar-refractivity contribution is 9.10. The second-order valence-electron chi connectivity index (χ2n) is 3.99. The van der Waals surface area contributed by atoms with Gasteiger partial charge >= 0.3 is 0 Å². The number of hydrogen-bond donors (Lipinski definition) is 2. The van der Waals surface area contributed by atoms with Crippen LogP contribution in [0.4, 0.5) is 15.8 Å². The lowest BCUT2D eigenvalue weighted by molar-refractivity contribution is -0.384. The minimum Gasteiger partial charge on any atom is -0.507 e. The number of nitro groups is 1. The van der Waals surface area contributed by atoms with Crippen molar-refractivity contribution >= 4 is 33.5 Å². The average molecular weight is 354 g/mol. The molecule has 0 aliphatic rings. The number of non-ortho nitro benzene ring substituents is 1. The lowest BCUT2D eigenvalue weighted by atomic mass is 10.2. The van der Waals surface area contributed by atoms with Gasteiger partial charge in [-0.2, -0.15) is 5.10 Å². The largest absolute Gasteiger partial charge is 0.507 e. The Hall–Kier alpha value is -2.48.